The normalized spacial score (nSPS) is 14.1. The molecule has 0 saturated carbocycles. The lowest BCUT2D eigenvalue weighted by Crippen LogP contribution is -2.27. The van der Waals surface area contributed by atoms with Crippen molar-refractivity contribution in [3.63, 3.8) is 0 Å². The average Bonchev–Trinajstić information content (AvgIpc) is 2.39. The highest BCUT2D eigenvalue weighted by molar-refractivity contribution is 5.83. The Morgan fingerprint density at radius 1 is 1.44 bits per heavy atom. The minimum atomic E-state index is -0.954. The monoisotopic (exact) mass is 241 g/mol. The molecule has 1 aromatic carbocycles. The number of aromatic nitrogens is 1. The zero-order valence-corrected chi connectivity index (χ0v) is 10.3. The number of benzene rings is 1. The minimum Gasteiger partial charge on any atom is -0.481 e. The lowest BCUT2D eigenvalue weighted by molar-refractivity contribution is -0.145. The second kappa shape index (κ2) is 4.61. The van der Waals surface area contributed by atoms with E-state index in [2.05, 4.69) is 11.6 Å². The maximum atomic E-state index is 11.3. The predicted octanol–water partition coefficient (Wildman–Crippen LogP) is 3.05. The Kier molecular flexibility index (Phi) is 3.15. The van der Waals surface area contributed by atoms with Crippen molar-refractivity contribution in [2.24, 2.45) is 5.41 Å². The van der Waals surface area contributed by atoms with Crippen LogP contribution in [0.15, 0.2) is 49.2 Å². The second-order valence-electron chi connectivity index (χ2n) is 4.59. The van der Waals surface area contributed by atoms with Crippen molar-refractivity contribution in [1.82, 2.24) is 4.98 Å². The summed E-state index contributed by atoms with van der Waals surface area (Å²) < 4.78 is 0. The van der Waals surface area contributed by atoms with Gasteiger partial charge in [0.2, 0.25) is 0 Å². The fraction of sp³-hybridized carbons (Fsp3) is 0.200. The van der Waals surface area contributed by atoms with Crippen LogP contribution in [-0.2, 0) is 11.2 Å². The maximum Gasteiger partial charge on any atom is 0.313 e. The van der Waals surface area contributed by atoms with Crippen LogP contribution in [0.25, 0.3) is 10.9 Å². The lowest BCUT2D eigenvalue weighted by Gasteiger charge is -2.21. The highest BCUT2D eigenvalue weighted by Crippen LogP contribution is 2.27. The van der Waals surface area contributed by atoms with Gasteiger partial charge in [0.1, 0.15) is 0 Å². The summed E-state index contributed by atoms with van der Waals surface area (Å²) in [6.45, 7) is 5.31. The van der Waals surface area contributed by atoms with Gasteiger partial charge in [0.25, 0.3) is 0 Å². The maximum absolute atomic E-state index is 11.3. The van der Waals surface area contributed by atoms with Crippen molar-refractivity contribution in [3.05, 3.63) is 54.7 Å². The van der Waals surface area contributed by atoms with E-state index in [1.165, 1.54) is 6.08 Å². The molecule has 2 rings (SSSR count). The van der Waals surface area contributed by atoms with E-state index in [4.69, 9.17) is 0 Å². The summed E-state index contributed by atoms with van der Waals surface area (Å²) in [6, 6.07) is 9.60. The number of fused-ring (bicyclic) bond motifs is 1. The number of nitrogens with zero attached hydrogens (tertiary/aromatic N) is 1. The number of hydrogen-bond donors (Lipinski definition) is 1. The van der Waals surface area contributed by atoms with Gasteiger partial charge in [0.15, 0.2) is 0 Å². The van der Waals surface area contributed by atoms with Gasteiger partial charge in [-0.2, -0.15) is 0 Å². The predicted molar refractivity (Wildman–Crippen MR) is 71.4 cm³/mol. The van der Waals surface area contributed by atoms with Gasteiger partial charge in [-0.25, -0.2) is 0 Å². The summed E-state index contributed by atoms with van der Waals surface area (Å²) in [7, 11) is 0. The summed E-state index contributed by atoms with van der Waals surface area (Å²) in [5, 5.41) is 10.3. The molecule has 0 radical (unpaired) electrons. The van der Waals surface area contributed by atoms with Gasteiger partial charge in [-0.1, -0.05) is 24.3 Å². The van der Waals surface area contributed by atoms with Crippen molar-refractivity contribution in [2.45, 2.75) is 13.3 Å². The molecule has 2 aromatic rings. The molecule has 18 heavy (non-hydrogen) atoms. The third-order valence-electron chi connectivity index (χ3n) is 3.24. The number of carbonyl (C=O) groups is 1. The summed E-state index contributed by atoms with van der Waals surface area (Å²) in [5.74, 6) is -0.863. The molecular formula is C15H15NO2. The lowest BCUT2D eigenvalue weighted by atomic mass is 9.83. The molecule has 1 N–H and O–H groups in total. The average molecular weight is 241 g/mol. The molecule has 0 bridgehead atoms. The number of rotatable bonds is 4. The van der Waals surface area contributed by atoms with E-state index >= 15 is 0 Å². The van der Waals surface area contributed by atoms with Crippen LogP contribution in [-0.4, -0.2) is 16.1 Å². The molecule has 3 nitrogen and oxygen atoms in total. The molecule has 1 unspecified atom stereocenters. The van der Waals surface area contributed by atoms with E-state index in [9.17, 15) is 9.90 Å². The molecule has 0 spiro atoms. The van der Waals surface area contributed by atoms with E-state index in [0.717, 1.165) is 16.5 Å². The molecule has 1 aromatic heterocycles. The van der Waals surface area contributed by atoms with Crippen molar-refractivity contribution in [3.8, 4) is 0 Å². The van der Waals surface area contributed by atoms with Crippen LogP contribution in [0.2, 0.25) is 0 Å². The van der Waals surface area contributed by atoms with Gasteiger partial charge >= 0.3 is 5.97 Å². The molecular weight excluding hydrogens is 226 g/mol. The van der Waals surface area contributed by atoms with Crippen molar-refractivity contribution in [1.29, 1.82) is 0 Å². The summed E-state index contributed by atoms with van der Waals surface area (Å²) in [5.41, 5.74) is 0.904. The first-order valence-corrected chi connectivity index (χ1v) is 5.76. The highest BCUT2D eigenvalue weighted by atomic mass is 16.4. The fourth-order valence-corrected chi connectivity index (χ4v) is 1.94. The quantitative estimate of drug-likeness (QED) is 0.837. The number of hydrogen-bond acceptors (Lipinski definition) is 2. The molecule has 1 heterocycles. The van der Waals surface area contributed by atoms with E-state index in [0.29, 0.717) is 6.42 Å². The molecule has 0 aliphatic carbocycles. The van der Waals surface area contributed by atoms with Crippen LogP contribution in [0.1, 0.15) is 12.5 Å². The molecule has 92 valence electrons. The molecule has 1 atom stereocenters. The van der Waals surface area contributed by atoms with Crippen molar-refractivity contribution in [2.75, 3.05) is 0 Å². The molecule has 3 heteroatoms. The number of para-hydroxylation sites is 1. The third kappa shape index (κ3) is 2.12. The Balaban J connectivity index is 2.49. The minimum absolute atomic E-state index is 0.412. The first-order valence-electron chi connectivity index (χ1n) is 5.76. The second-order valence-corrected chi connectivity index (χ2v) is 4.59. The number of carboxylic acid groups (broad SMARTS) is 1. The molecule has 0 amide bonds. The Bertz CT molecular complexity index is 601. The van der Waals surface area contributed by atoms with Crippen LogP contribution >= 0.6 is 0 Å². The fourth-order valence-electron chi connectivity index (χ4n) is 1.94. The van der Waals surface area contributed by atoms with Gasteiger partial charge in [0, 0.05) is 11.6 Å². The Morgan fingerprint density at radius 3 is 2.83 bits per heavy atom. The number of carboxylic acids is 1. The van der Waals surface area contributed by atoms with Crippen LogP contribution in [0, 0.1) is 5.41 Å². The van der Waals surface area contributed by atoms with Crippen LogP contribution < -0.4 is 0 Å². The molecule has 0 saturated heterocycles. The van der Waals surface area contributed by atoms with Gasteiger partial charge in [-0.3, -0.25) is 9.78 Å². The van der Waals surface area contributed by atoms with E-state index in [1.807, 2.05) is 30.3 Å². The Hall–Kier alpha value is -2.16. The molecule has 0 aliphatic rings. The standard InChI is InChI=1S/C15H15NO2/c1-3-15(2,14(17)18)10-11-8-9-16-13-7-5-4-6-12(11)13/h3-9H,1,10H2,2H3,(H,17,18). The zero-order valence-electron chi connectivity index (χ0n) is 10.3. The smallest absolute Gasteiger partial charge is 0.313 e. The van der Waals surface area contributed by atoms with E-state index in [1.54, 1.807) is 13.1 Å². The van der Waals surface area contributed by atoms with Gasteiger partial charge < -0.3 is 5.11 Å². The zero-order chi connectivity index (χ0) is 13.2. The van der Waals surface area contributed by atoms with Crippen molar-refractivity contribution < 1.29 is 9.90 Å². The summed E-state index contributed by atoms with van der Waals surface area (Å²) in [4.78, 5) is 15.6. The summed E-state index contributed by atoms with van der Waals surface area (Å²) in [6.07, 6.45) is 3.61. The topological polar surface area (TPSA) is 50.2 Å². The SMILES string of the molecule is C=CC(C)(Cc1ccnc2ccccc12)C(=O)O. The first kappa shape index (κ1) is 12.3. The third-order valence-corrected chi connectivity index (χ3v) is 3.24. The van der Waals surface area contributed by atoms with E-state index in [-0.39, 0.29) is 0 Å². The van der Waals surface area contributed by atoms with Crippen LogP contribution in [0.5, 0.6) is 0 Å². The largest absolute Gasteiger partial charge is 0.481 e. The van der Waals surface area contributed by atoms with Gasteiger partial charge in [-0.05, 0) is 31.0 Å². The first-order chi connectivity index (χ1) is 8.57. The Labute approximate surface area is 106 Å². The van der Waals surface area contributed by atoms with E-state index < -0.39 is 11.4 Å². The highest BCUT2D eigenvalue weighted by Gasteiger charge is 2.30. The Morgan fingerprint density at radius 2 is 2.17 bits per heavy atom. The molecule has 0 aliphatic heterocycles. The molecule has 0 fully saturated rings. The number of pyridine rings is 1. The summed E-state index contributed by atoms with van der Waals surface area (Å²) >= 11 is 0. The van der Waals surface area contributed by atoms with Gasteiger partial charge in [0.05, 0.1) is 10.9 Å². The number of aliphatic carboxylic acids is 1. The van der Waals surface area contributed by atoms with Crippen LogP contribution in [0.4, 0.5) is 0 Å². The van der Waals surface area contributed by atoms with Crippen LogP contribution in [0.3, 0.4) is 0 Å². The van der Waals surface area contributed by atoms with Crippen molar-refractivity contribution >= 4 is 16.9 Å². The van der Waals surface area contributed by atoms with Gasteiger partial charge in [-0.15, -0.1) is 6.58 Å².